The maximum absolute atomic E-state index is 12.5. The van der Waals surface area contributed by atoms with Crippen molar-refractivity contribution in [1.82, 2.24) is 4.98 Å². The highest BCUT2D eigenvalue weighted by molar-refractivity contribution is 7.22. The van der Waals surface area contributed by atoms with Gasteiger partial charge in [-0.25, -0.2) is 9.78 Å². The molecule has 0 aliphatic heterocycles. The Labute approximate surface area is 167 Å². The number of para-hydroxylation sites is 2. The Morgan fingerprint density at radius 2 is 1.75 bits per heavy atom. The number of likely N-dealkylation sites (N-methyl/N-ethyl adjacent to an activating group) is 1. The molecule has 0 fully saturated rings. The SMILES string of the molecule is CCN(C(=O)COC(=O)COc1c(C)cccc1C)c1nc2ccccc2s1. The second kappa shape index (κ2) is 8.84. The van der Waals surface area contributed by atoms with Crippen molar-refractivity contribution in [2.45, 2.75) is 20.8 Å². The molecule has 0 radical (unpaired) electrons. The van der Waals surface area contributed by atoms with Gasteiger partial charge >= 0.3 is 5.97 Å². The normalized spacial score (nSPS) is 10.7. The monoisotopic (exact) mass is 398 g/mol. The molecular formula is C21H22N2O4S. The van der Waals surface area contributed by atoms with Crippen molar-refractivity contribution < 1.29 is 19.1 Å². The Hall–Kier alpha value is -2.93. The summed E-state index contributed by atoms with van der Waals surface area (Å²) in [5.41, 5.74) is 2.72. The number of rotatable bonds is 7. The number of anilines is 1. The van der Waals surface area contributed by atoms with E-state index in [1.54, 1.807) is 0 Å². The van der Waals surface area contributed by atoms with Crippen LogP contribution in [-0.4, -0.2) is 36.6 Å². The summed E-state index contributed by atoms with van der Waals surface area (Å²) < 4.78 is 11.7. The van der Waals surface area contributed by atoms with Gasteiger partial charge in [0.1, 0.15) is 5.75 Å². The van der Waals surface area contributed by atoms with Crippen LogP contribution >= 0.6 is 11.3 Å². The average Bonchev–Trinajstić information content (AvgIpc) is 3.10. The van der Waals surface area contributed by atoms with Crippen LogP contribution in [-0.2, 0) is 14.3 Å². The first-order valence-electron chi connectivity index (χ1n) is 9.00. The van der Waals surface area contributed by atoms with Crippen molar-refractivity contribution in [2.24, 2.45) is 0 Å². The number of nitrogens with zero attached hydrogens (tertiary/aromatic N) is 2. The van der Waals surface area contributed by atoms with Gasteiger partial charge in [0, 0.05) is 6.54 Å². The molecule has 0 spiro atoms. The van der Waals surface area contributed by atoms with E-state index in [2.05, 4.69) is 4.98 Å². The molecule has 1 aromatic heterocycles. The predicted octanol–water partition coefficient (Wildman–Crippen LogP) is 3.89. The van der Waals surface area contributed by atoms with E-state index in [4.69, 9.17) is 9.47 Å². The number of hydrogen-bond donors (Lipinski definition) is 0. The van der Waals surface area contributed by atoms with Crippen LogP contribution < -0.4 is 9.64 Å². The molecule has 0 saturated carbocycles. The minimum absolute atomic E-state index is 0.244. The van der Waals surface area contributed by atoms with Gasteiger partial charge < -0.3 is 9.47 Å². The Kier molecular flexibility index (Phi) is 6.26. The molecule has 0 unspecified atom stereocenters. The van der Waals surface area contributed by atoms with E-state index in [1.807, 2.05) is 63.2 Å². The number of ether oxygens (including phenoxy) is 2. The van der Waals surface area contributed by atoms with Crippen molar-refractivity contribution in [3.05, 3.63) is 53.6 Å². The molecule has 2 aromatic carbocycles. The molecular weight excluding hydrogens is 376 g/mol. The highest BCUT2D eigenvalue weighted by Gasteiger charge is 2.20. The van der Waals surface area contributed by atoms with Gasteiger partial charge in [-0.05, 0) is 44.0 Å². The minimum atomic E-state index is -0.587. The summed E-state index contributed by atoms with van der Waals surface area (Å²) in [6, 6.07) is 13.4. The Balaban J connectivity index is 1.56. The topological polar surface area (TPSA) is 68.7 Å². The van der Waals surface area contributed by atoms with Crippen molar-refractivity contribution in [3.8, 4) is 5.75 Å². The van der Waals surface area contributed by atoms with Crippen molar-refractivity contribution >= 4 is 38.6 Å². The lowest BCUT2D eigenvalue weighted by Crippen LogP contribution is -2.35. The number of thiazole rings is 1. The van der Waals surface area contributed by atoms with E-state index in [1.165, 1.54) is 16.2 Å². The maximum Gasteiger partial charge on any atom is 0.344 e. The van der Waals surface area contributed by atoms with Gasteiger partial charge in [0.2, 0.25) is 0 Å². The molecule has 1 amide bonds. The summed E-state index contributed by atoms with van der Waals surface area (Å²) in [5, 5.41) is 0.594. The predicted molar refractivity (Wildman–Crippen MR) is 110 cm³/mol. The largest absolute Gasteiger partial charge is 0.481 e. The quantitative estimate of drug-likeness (QED) is 0.565. The van der Waals surface area contributed by atoms with Crippen LogP contribution in [0.3, 0.4) is 0 Å². The molecule has 0 aliphatic carbocycles. The average molecular weight is 398 g/mol. The number of benzene rings is 2. The third-order valence-electron chi connectivity index (χ3n) is 4.23. The van der Waals surface area contributed by atoms with Crippen LogP contribution in [0, 0.1) is 13.8 Å². The highest BCUT2D eigenvalue weighted by atomic mass is 32.1. The molecule has 1 heterocycles. The number of aromatic nitrogens is 1. The minimum Gasteiger partial charge on any atom is -0.481 e. The Morgan fingerprint density at radius 1 is 1.04 bits per heavy atom. The number of carbonyl (C=O) groups excluding carboxylic acids is 2. The van der Waals surface area contributed by atoms with Gasteiger partial charge in [0.05, 0.1) is 10.2 Å². The van der Waals surface area contributed by atoms with Gasteiger partial charge in [0.15, 0.2) is 18.3 Å². The first kappa shape index (κ1) is 19.8. The third-order valence-corrected chi connectivity index (χ3v) is 5.29. The van der Waals surface area contributed by atoms with E-state index in [0.717, 1.165) is 21.3 Å². The van der Waals surface area contributed by atoms with Crippen LogP contribution in [0.15, 0.2) is 42.5 Å². The maximum atomic E-state index is 12.5. The summed E-state index contributed by atoms with van der Waals surface area (Å²) in [7, 11) is 0. The summed E-state index contributed by atoms with van der Waals surface area (Å²) in [6.07, 6.45) is 0. The summed E-state index contributed by atoms with van der Waals surface area (Å²) >= 11 is 1.43. The van der Waals surface area contributed by atoms with Crippen LogP contribution in [0.4, 0.5) is 5.13 Å². The zero-order valence-corrected chi connectivity index (χ0v) is 16.9. The van der Waals surface area contributed by atoms with Gasteiger partial charge in [-0.3, -0.25) is 9.69 Å². The van der Waals surface area contributed by atoms with E-state index < -0.39 is 5.97 Å². The highest BCUT2D eigenvalue weighted by Crippen LogP contribution is 2.28. The van der Waals surface area contributed by atoms with Crippen LogP contribution in [0.1, 0.15) is 18.1 Å². The molecule has 146 valence electrons. The summed E-state index contributed by atoms with van der Waals surface area (Å²) in [4.78, 5) is 30.5. The smallest absolute Gasteiger partial charge is 0.344 e. The lowest BCUT2D eigenvalue weighted by molar-refractivity contribution is -0.149. The lowest BCUT2D eigenvalue weighted by atomic mass is 10.1. The Morgan fingerprint density at radius 3 is 2.43 bits per heavy atom. The number of aryl methyl sites for hydroxylation is 2. The molecule has 6 nitrogen and oxygen atoms in total. The van der Waals surface area contributed by atoms with Gasteiger partial charge in [-0.1, -0.05) is 41.7 Å². The molecule has 28 heavy (non-hydrogen) atoms. The van der Waals surface area contributed by atoms with Crippen molar-refractivity contribution in [1.29, 1.82) is 0 Å². The van der Waals surface area contributed by atoms with E-state index >= 15 is 0 Å². The van der Waals surface area contributed by atoms with Crippen LogP contribution in [0.2, 0.25) is 0 Å². The lowest BCUT2D eigenvalue weighted by Gasteiger charge is -2.17. The fourth-order valence-corrected chi connectivity index (χ4v) is 3.86. The van der Waals surface area contributed by atoms with Crippen molar-refractivity contribution in [2.75, 3.05) is 24.7 Å². The fourth-order valence-electron chi connectivity index (χ4n) is 2.81. The fraction of sp³-hybridized carbons (Fsp3) is 0.286. The second-order valence-corrected chi connectivity index (χ2v) is 7.28. The second-order valence-electron chi connectivity index (χ2n) is 6.27. The third kappa shape index (κ3) is 4.48. The molecule has 0 atom stereocenters. The summed E-state index contributed by atoms with van der Waals surface area (Å²) in [5.74, 6) is -0.242. The van der Waals surface area contributed by atoms with E-state index in [-0.39, 0.29) is 19.1 Å². The zero-order valence-electron chi connectivity index (χ0n) is 16.1. The first-order chi connectivity index (χ1) is 13.5. The number of esters is 1. The molecule has 0 saturated heterocycles. The Bertz CT molecular complexity index is 946. The van der Waals surface area contributed by atoms with Crippen LogP contribution in [0.5, 0.6) is 5.75 Å². The molecule has 0 bridgehead atoms. The zero-order chi connectivity index (χ0) is 20.1. The first-order valence-corrected chi connectivity index (χ1v) is 9.81. The number of carbonyl (C=O) groups is 2. The van der Waals surface area contributed by atoms with Gasteiger partial charge in [0.25, 0.3) is 5.91 Å². The number of fused-ring (bicyclic) bond motifs is 1. The number of hydrogen-bond acceptors (Lipinski definition) is 6. The number of amides is 1. The standard InChI is InChI=1S/C21H22N2O4S/c1-4-23(21-22-16-10-5-6-11-17(16)28-21)18(24)12-26-19(25)13-27-20-14(2)8-7-9-15(20)3/h5-11H,4,12-13H2,1-3H3. The van der Waals surface area contributed by atoms with Gasteiger partial charge in [-0.15, -0.1) is 0 Å². The molecule has 7 heteroatoms. The van der Waals surface area contributed by atoms with Crippen molar-refractivity contribution in [3.63, 3.8) is 0 Å². The van der Waals surface area contributed by atoms with E-state index in [0.29, 0.717) is 17.4 Å². The molecule has 0 aliphatic rings. The van der Waals surface area contributed by atoms with Gasteiger partial charge in [-0.2, -0.15) is 0 Å². The molecule has 3 rings (SSSR count). The summed E-state index contributed by atoms with van der Waals surface area (Å²) in [6.45, 7) is 5.53. The van der Waals surface area contributed by atoms with Crippen LogP contribution in [0.25, 0.3) is 10.2 Å². The molecule has 0 N–H and O–H groups in total. The van der Waals surface area contributed by atoms with E-state index in [9.17, 15) is 9.59 Å². The molecule has 3 aromatic rings.